The third kappa shape index (κ3) is 3.84. The zero-order chi connectivity index (χ0) is 15.1. The van der Waals surface area contributed by atoms with Gasteiger partial charge in [0.2, 0.25) is 0 Å². The number of nitrogens with zero attached hydrogens (tertiary/aromatic N) is 5. The molecule has 0 fully saturated rings. The van der Waals surface area contributed by atoms with Gasteiger partial charge in [0.15, 0.2) is 12.2 Å². The summed E-state index contributed by atoms with van der Waals surface area (Å²) in [5.74, 6) is 0.377. The summed E-state index contributed by atoms with van der Waals surface area (Å²) < 4.78 is 1.36. The highest BCUT2D eigenvalue weighted by Gasteiger charge is 2.15. The second-order valence-corrected chi connectivity index (χ2v) is 3.49. The van der Waals surface area contributed by atoms with Crippen molar-refractivity contribution in [2.75, 3.05) is 6.61 Å². The SMILES string of the molecule is Cc1ncc([N+](=O)[O-])n1CCO.O=[N+]([O-])c1cnc[nH]1. The van der Waals surface area contributed by atoms with E-state index in [0.717, 1.165) is 6.20 Å². The molecule has 108 valence electrons. The van der Waals surface area contributed by atoms with Crippen molar-refractivity contribution in [1.29, 1.82) is 0 Å². The van der Waals surface area contributed by atoms with E-state index < -0.39 is 9.85 Å². The van der Waals surface area contributed by atoms with Crippen molar-refractivity contribution in [3.8, 4) is 0 Å². The molecule has 11 heteroatoms. The minimum atomic E-state index is -0.535. The first-order valence-electron chi connectivity index (χ1n) is 5.37. The van der Waals surface area contributed by atoms with Crippen molar-refractivity contribution in [2.24, 2.45) is 0 Å². The second-order valence-electron chi connectivity index (χ2n) is 3.49. The maximum absolute atomic E-state index is 10.4. The first kappa shape index (κ1) is 15.2. The highest BCUT2D eigenvalue weighted by molar-refractivity contribution is 5.18. The molecule has 0 saturated heterocycles. The van der Waals surface area contributed by atoms with Crippen LogP contribution < -0.4 is 0 Å². The van der Waals surface area contributed by atoms with Crippen LogP contribution in [0.3, 0.4) is 0 Å². The number of nitro groups is 2. The lowest BCUT2D eigenvalue weighted by Gasteiger charge is -1.98. The van der Waals surface area contributed by atoms with Gasteiger partial charge in [-0.2, -0.15) is 0 Å². The summed E-state index contributed by atoms with van der Waals surface area (Å²) in [5.41, 5.74) is 0. The van der Waals surface area contributed by atoms with Crippen LogP contribution in [-0.4, -0.2) is 41.1 Å². The standard InChI is InChI=1S/C6H9N3O3.C3H3N3O2/c1-5-7-4-6(9(11)12)8(5)2-3-10;7-6(8)3-1-4-2-5-3/h4,10H,2-3H2,1H3;1-2H,(H,4,5). The molecule has 0 bridgehead atoms. The van der Waals surface area contributed by atoms with Crippen LogP contribution in [0.15, 0.2) is 18.7 Å². The predicted octanol–water partition coefficient (Wildman–Crippen LogP) is 0.410. The molecule has 2 heterocycles. The molecule has 0 aliphatic carbocycles. The van der Waals surface area contributed by atoms with E-state index in [-0.39, 0.29) is 24.8 Å². The fourth-order valence-corrected chi connectivity index (χ4v) is 1.33. The summed E-state index contributed by atoms with van der Waals surface area (Å²) in [4.78, 5) is 28.7. The highest BCUT2D eigenvalue weighted by atomic mass is 16.6. The van der Waals surface area contributed by atoms with Crippen molar-refractivity contribution >= 4 is 11.6 Å². The van der Waals surface area contributed by atoms with Gasteiger partial charge in [-0.15, -0.1) is 0 Å². The number of aliphatic hydroxyl groups excluding tert-OH is 1. The predicted molar refractivity (Wildman–Crippen MR) is 65.9 cm³/mol. The highest BCUT2D eigenvalue weighted by Crippen LogP contribution is 2.12. The zero-order valence-corrected chi connectivity index (χ0v) is 10.5. The fourth-order valence-electron chi connectivity index (χ4n) is 1.33. The fraction of sp³-hybridized carbons (Fsp3) is 0.333. The number of aromatic amines is 1. The molecule has 0 aliphatic rings. The number of nitrogens with one attached hydrogen (secondary N) is 1. The smallest absolute Gasteiger partial charge is 0.342 e. The molecule has 0 atom stereocenters. The maximum atomic E-state index is 10.4. The molecule has 2 N–H and O–H groups in total. The van der Waals surface area contributed by atoms with Crippen LogP contribution in [0.4, 0.5) is 11.6 Å². The molecule has 0 amide bonds. The van der Waals surface area contributed by atoms with Crippen molar-refractivity contribution in [3.05, 3.63) is 44.8 Å². The van der Waals surface area contributed by atoms with Gasteiger partial charge in [0, 0.05) is 6.92 Å². The molecule has 2 rings (SSSR count). The second kappa shape index (κ2) is 6.94. The first-order chi connectivity index (χ1) is 9.47. The average Bonchev–Trinajstić information content (AvgIpc) is 3.01. The van der Waals surface area contributed by atoms with Gasteiger partial charge in [-0.25, -0.2) is 19.5 Å². The Balaban J connectivity index is 0.000000217. The van der Waals surface area contributed by atoms with Gasteiger partial charge in [0.25, 0.3) is 0 Å². The van der Waals surface area contributed by atoms with Crippen LogP contribution in [0.5, 0.6) is 0 Å². The number of hydrogen-bond acceptors (Lipinski definition) is 7. The Morgan fingerprint density at radius 1 is 1.35 bits per heavy atom. The normalized spacial score (nSPS) is 9.70. The summed E-state index contributed by atoms with van der Waals surface area (Å²) >= 11 is 0. The first-order valence-corrected chi connectivity index (χ1v) is 5.37. The Kier molecular flexibility index (Phi) is 5.29. The largest absolute Gasteiger partial charge is 0.392 e. The Bertz CT molecular complexity index is 578. The third-order valence-corrected chi connectivity index (χ3v) is 2.23. The van der Waals surface area contributed by atoms with E-state index in [1.54, 1.807) is 6.92 Å². The lowest BCUT2D eigenvalue weighted by molar-refractivity contribution is -0.392. The molecule has 0 aromatic carbocycles. The molecule has 0 saturated carbocycles. The summed E-state index contributed by atoms with van der Waals surface area (Å²) in [6, 6.07) is 0. The van der Waals surface area contributed by atoms with Gasteiger partial charge in [-0.05, 0) is 9.85 Å². The van der Waals surface area contributed by atoms with E-state index in [1.807, 2.05) is 0 Å². The van der Waals surface area contributed by atoms with Crippen molar-refractivity contribution in [3.63, 3.8) is 0 Å². The number of hydrogen-bond donors (Lipinski definition) is 2. The van der Waals surface area contributed by atoms with Gasteiger partial charge in [-0.3, -0.25) is 0 Å². The number of H-pyrrole nitrogens is 1. The van der Waals surface area contributed by atoms with E-state index in [0.29, 0.717) is 5.82 Å². The van der Waals surface area contributed by atoms with E-state index in [4.69, 9.17) is 5.11 Å². The van der Waals surface area contributed by atoms with Crippen LogP contribution in [0.25, 0.3) is 0 Å². The summed E-state index contributed by atoms with van der Waals surface area (Å²) in [5, 5.41) is 28.8. The number of rotatable bonds is 4. The minimum absolute atomic E-state index is 0.0787. The topological polar surface area (TPSA) is 153 Å². The van der Waals surface area contributed by atoms with Crippen molar-refractivity contribution in [1.82, 2.24) is 19.5 Å². The number of aromatic nitrogens is 4. The Labute approximate surface area is 112 Å². The van der Waals surface area contributed by atoms with Gasteiger partial charge < -0.3 is 25.3 Å². The van der Waals surface area contributed by atoms with Crippen LogP contribution in [0.2, 0.25) is 0 Å². The summed E-state index contributed by atoms with van der Waals surface area (Å²) in [7, 11) is 0. The van der Waals surface area contributed by atoms with Gasteiger partial charge in [0.1, 0.15) is 18.9 Å². The molecular formula is C9H12N6O5. The van der Waals surface area contributed by atoms with Crippen LogP contribution >= 0.6 is 0 Å². The van der Waals surface area contributed by atoms with Gasteiger partial charge in [-0.1, -0.05) is 0 Å². The number of aryl methyl sites for hydroxylation is 1. The quantitative estimate of drug-likeness (QED) is 0.608. The molecule has 0 unspecified atom stereocenters. The molecule has 11 nitrogen and oxygen atoms in total. The van der Waals surface area contributed by atoms with Gasteiger partial charge >= 0.3 is 11.6 Å². The Morgan fingerprint density at radius 3 is 2.45 bits per heavy atom. The Hall–Kier alpha value is -2.82. The molecular weight excluding hydrogens is 272 g/mol. The zero-order valence-electron chi connectivity index (χ0n) is 10.5. The van der Waals surface area contributed by atoms with Crippen molar-refractivity contribution in [2.45, 2.75) is 13.5 Å². The lowest BCUT2D eigenvalue weighted by Crippen LogP contribution is -2.07. The van der Waals surface area contributed by atoms with Crippen LogP contribution in [0.1, 0.15) is 5.82 Å². The van der Waals surface area contributed by atoms with E-state index in [9.17, 15) is 20.2 Å². The number of imidazole rings is 2. The third-order valence-electron chi connectivity index (χ3n) is 2.23. The molecule has 2 aromatic rings. The summed E-state index contributed by atoms with van der Waals surface area (Å²) in [6.45, 7) is 1.74. The van der Waals surface area contributed by atoms with Crippen molar-refractivity contribution < 1.29 is 15.0 Å². The van der Waals surface area contributed by atoms with E-state index in [2.05, 4.69) is 15.0 Å². The monoisotopic (exact) mass is 284 g/mol. The minimum Gasteiger partial charge on any atom is -0.392 e. The molecule has 0 spiro atoms. The van der Waals surface area contributed by atoms with Crippen LogP contribution in [0, 0.1) is 27.2 Å². The van der Waals surface area contributed by atoms with Crippen LogP contribution in [-0.2, 0) is 6.54 Å². The molecule has 20 heavy (non-hydrogen) atoms. The average molecular weight is 284 g/mol. The summed E-state index contributed by atoms with van der Waals surface area (Å²) in [6.07, 6.45) is 3.60. The molecule has 2 aromatic heterocycles. The van der Waals surface area contributed by atoms with E-state index >= 15 is 0 Å². The number of aliphatic hydroxyl groups is 1. The van der Waals surface area contributed by atoms with Gasteiger partial charge in [0.05, 0.1) is 6.61 Å². The lowest BCUT2D eigenvalue weighted by atomic mass is 10.6. The molecule has 0 radical (unpaired) electrons. The van der Waals surface area contributed by atoms with E-state index in [1.165, 1.54) is 17.1 Å². The Morgan fingerprint density at radius 2 is 2.05 bits per heavy atom. The molecule has 0 aliphatic heterocycles. The maximum Gasteiger partial charge on any atom is 0.342 e.